The van der Waals surface area contributed by atoms with E-state index in [1.165, 1.54) is 32.0 Å². The zero-order valence-electron chi connectivity index (χ0n) is 29.4. The Hall–Kier alpha value is -3.92. The highest BCUT2D eigenvalue weighted by Gasteiger charge is 2.63. The molecule has 15 nitrogen and oxygen atoms in total. The third kappa shape index (κ3) is 11.0. The Kier molecular flexibility index (Phi) is 13.3. The lowest BCUT2D eigenvalue weighted by molar-refractivity contribution is -0.179. The zero-order chi connectivity index (χ0) is 37.6. The second-order valence-corrected chi connectivity index (χ2v) is 14.9. The fourth-order valence-electron chi connectivity index (χ4n) is 4.56. The molecule has 2 aromatic rings. The van der Waals surface area contributed by atoms with Gasteiger partial charge in [0.05, 0.1) is 12.7 Å². The molecule has 4 unspecified atom stereocenters. The number of para-hydroxylation sites is 1. The van der Waals surface area contributed by atoms with E-state index in [-0.39, 0.29) is 11.4 Å². The first kappa shape index (κ1) is 40.5. The number of amides is 1. The summed E-state index contributed by atoms with van der Waals surface area (Å²) in [5, 5.41) is 4.78. The molecule has 0 aliphatic carbocycles. The Balaban J connectivity index is 1.97. The number of carbonyl (C=O) groups is 3. The normalized spacial score (nSPS) is 21.2. The van der Waals surface area contributed by atoms with Crippen molar-refractivity contribution in [2.75, 3.05) is 6.61 Å². The van der Waals surface area contributed by atoms with E-state index in [4.69, 9.17) is 28.0 Å². The molecule has 1 aliphatic heterocycles. The van der Waals surface area contributed by atoms with Gasteiger partial charge < -0.3 is 28.8 Å². The molecule has 2 heterocycles. The van der Waals surface area contributed by atoms with Gasteiger partial charge in [-0.25, -0.2) is 18.9 Å². The summed E-state index contributed by atoms with van der Waals surface area (Å²) in [6.45, 7) is 13.0. The molecular formula is C32H45F2N4O11P. The van der Waals surface area contributed by atoms with Gasteiger partial charge in [-0.1, -0.05) is 32.0 Å². The van der Waals surface area contributed by atoms with Gasteiger partial charge in [0, 0.05) is 11.9 Å². The zero-order valence-corrected chi connectivity index (χ0v) is 30.3. The van der Waals surface area contributed by atoms with E-state index < -0.39 is 92.1 Å². The maximum atomic E-state index is 16.3. The van der Waals surface area contributed by atoms with Crippen molar-refractivity contribution in [3.05, 3.63) is 58.8 Å². The van der Waals surface area contributed by atoms with E-state index in [0.717, 1.165) is 6.20 Å². The van der Waals surface area contributed by atoms with Crippen molar-refractivity contribution in [1.29, 1.82) is 0 Å². The van der Waals surface area contributed by atoms with Crippen LogP contribution in [-0.2, 0) is 37.6 Å². The average molecular weight is 731 g/mol. The fourth-order valence-corrected chi connectivity index (χ4v) is 6.06. The van der Waals surface area contributed by atoms with Crippen molar-refractivity contribution in [2.45, 2.75) is 110 Å². The highest BCUT2D eigenvalue weighted by atomic mass is 31.2. The number of ether oxygens (including phenoxy) is 4. The van der Waals surface area contributed by atoms with Crippen molar-refractivity contribution in [3.8, 4) is 5.75 Å². The summed E-state index contributed by atoms with van der Waals surface area (Å²) in [6.07, 6.45) is -7.15. The number of benzene rings is 1. The number of hydrogen-bond donors (Lipinski definition) is 2. The van der Waals surface area contributed by atoms with E-state index in [9.17, 15) is 23.7 Å². The molecule has 1 fully saturated rings. The van der Waals surface area contributed by atoms with E-state index in [0.29, 0.717) is 4.57 Å². The maximum Gasteiger partial charge on any atom is 0.459 e. The van der Waals surface area contributed by atoms with Crippen LogP contribution in [0.25, 0.3) is 0 Å². The third-order valence-corrected chi connectivity index (χ3v) is 8.49. The van der Waals surface area contributed by atoms with Crippen LogP contribution in [0.1, 0.15) is 67.3 Å². The molecule has 18 heteroatoms. The van der Waals surface area contributed by atoms with Gasteiger partial charge in [0.15, 0.2) is 6.10 Å². The van der Waals surface area contributed by atoms with Crippen molar-refractivity contribution >= 4 is 25.8 Å². The van der Waals surface area contributed by atoms with Crippen LogP contribution in [0, 0.1) is 12.8 Å². The minimum absolute atomic E-state index is 0.0385. The highest BCUT2D eigenvalue weighted by Crippen LogP contribution is 2.49. The summed E-state index contributed by atoms with van der Waals surface area (Å²) >= 11 is 0. The van der Waals surface area contributed by atoms with Crippen LogP contribution in [0.2, 0.25) is 0 Å². The molecule has 1 saturated heterocycles. The predicted molar refractivity (Wildman–Crippen MR) is 174 cm³/mol. The minimum atomic E-state index is -4.60. The number of esters is 2. The Morgan fingerprint density at radius 3 is 2.26 bits per heavy atom. The van der Waals surface area contributed by atoms with E-state index in [2.05, 4.69) is 15.4 Å². The van der Waals surface area contributed by atoms with Gasteiger partial charge >= 0.3 is 37.4 Å². The summed E-state index contributed by atoms with van der Waals surface area (Å²) in [5.74, 6) is -6.80. The molecule has 3 rings (SSSR count). The maximum absolute atomic E-state index is 16.3. The van der Waals surface area contributed by atoms with Crippen molar-refractivity contribution < 1.29 is 55.7 Å². The van der Waals surface area contributed by atoms with Gasteiger partial charge in [-0.2, -0.15) is 18.9 Å². The summed E-state index contributed by atoms with van der Waals surface area (Å²) in [6, 6.07) is 6.27. The molecule has 2 N–H and O–H groups in total. The number of aromatic nitrogens is 2. The average Bonchev–Trinajstić information content (AvgIpc) is 3.22. The van der Waals surface area contributed by atoms with Crippen LogP contribution in [-0.4, -0.2) is 76.1 Å². The number of alkyl halides is 2. The largest absolute Gasteiger partial charge is 0.462 e. The molecule has 1 aromatic heterocycles. The molecule has 1 amide bonds. The highest BCUT2D eigenvalue weighted by molar-refractivity contribution is 7.52. The first-order valence-corrected chi connectivity index (χ1v) is 17.4. The molecule has 278 valence electrons. The molecule has 0 spiro atoms. The molecule has 50 heavy (non-hydrogen) atoms. The van der Waals surface area contributed by atoms with Crippen LogP contribution < -0.4 is 20.6 Å². The smallest absolute Gasteiger partial charge is 0.459 e. The van der Waals surface area contributed by atoms with Crippen LogP contribution in [0.15, 0.2) is 47.4 Å². The Morgan fingerprint density at radius 1 is 1.06 bits per heavy atom. The molecule has 6 atom stereocenters. The molecular weight excluding hydrogens is 685 g/mol. The molecule has 0 radical (unpaired) electrons. The number of nitrogens with one attached hydrogen (secondary N) is 2. The van der Waals surface area contributed by atoms with Crippen LogP contribution in [0.4, 0.5) is 13.6 Å². The topological polar surface area (TPSA) is 183 Å². The lowest BCUT2D eigenvalue weighted by Gasteiger charge is -2.29. The lowest BCUT2D eigenvalue weighted by atomic mass is 10.0. The van der Waals surface area contributed by atoms with Crippen LogP contribution >= 0.6 is 7.75 Å². The number of rotatable bonds is 14. The van der Waals surface area contributed by atoms with Crippen molar-refractivity contribution in [2.24, 2.45) is 5.92 Å². The fraction of sp³-hybridized carbons (Fsp3) is 0.594. The van der Waals surface area contributed by atoms with Crippen LogP contribution in [0.3, 0.4) is 0 Å². The number of hydrogen-bond acceptors (Lipinski definition) is 12. The SMILES string of the molecule is Cc1ccn(C2OC(COP(=O)(N[C@@H](C)C(=O)OC(C)C)Oc3ccccc3)[C@@H](OC(=O)C(NC(=O)OC(C)(C)C)C(C)C)C2(F)F)c(=O)n1. The number of nitrogens with zero attached hydrogens (tertiary/aromatic N) is 2. The summed E-state index contributed by atoms with van der Waals surface area (Å²) in [4.78, 5) is 54.9. The van der Waals surface area contributed by atoms with Gasteiger partial charge in [0.1, 0.15) is 29.5 Å². The minimum Gasteiger partial charge on any atom is -0.462 e. The van der Waals surface area contributed by atoms with E-state index in [1.54, 1.807) is 66.7 Å². The monoisotopic (exact) mass is 730 g/mol. The molecule has 1 aliphatic rings. The second-order valence-electron chi connectivity index (χ2n) is 13.2. The van der Waals surface area contributed by atoms with Gasteiger partial charge in [-0.3, -0.25) is 13.9 Å². The van der Waals surface area contributed by atoms with E-state index in [1.807, 2.05) is 0 Å². The molecule has 0 bridgehead atoms. The van der Waals surface area contributed by atoms with Gasteiger partial charge in [-0.05, 0) is 72.6 Å². The lowest BCUT2D eigenvalue weighted by Crippen LogP contribution is -2.51. The number of halogens is 2. The first-order valence-electron chi connectivity index (χ1n) is 15.9. The Morgan fingerprint density at radius 2 is 1.70 bits per heavy atom. The van der Waals surface area contributed by atoms with Gasteiger partial charge in [0.25, 0.3) is 0 Å². The van der Waals surface area contributed by atoms with Crippen molar-refractivity contribution in [3.63, 3.8) is 0 Å². The Bertz CT molecular complexity index is 1600. The second kappa shape index (κ2) is 16.4. The number of alkyl carbamates (subject to hydrolysis) is 1. The predicted octanol–water partition coefficient (Wildman–Crippen LogP) is 4.68. The molecule has 0 saturated carbocycles. The number of carbonyl (C=O) groups excluding carboxylic acids is 3. The number of aryl methyl sites for hydroxylation is 1. The molecule has 1 aromatic carbocycles. The van der Waals surface area contributed by atoms with E-state index >= 15 is 8.78 Å². The van der Waals surface area contributed by atoms with Gasteiger partial charge in [-0.15, -0.1) is 0 Å². The summed E-state index contributed by atoms with van der Waals surface area (Å²) < 4.78 is 79.6. The summed E-state index contributed by atoms with van der Waals surface area (Å²) in [5.41, 5.74) is -1.76. The standard InChI is InChI=1S/C32H45F2N4O11P/c1-18(2)24(36-30(42)48-31(7,8)9)27(40)47-25-23(46-28(32(25,33)34)38-16-15-20(5)35-29(38)41)17-44-50(43,49-22-13-11-10-12-14-22)37-21(6)26(39)45-19(3)4/h10-16,18-19,21,23-25,28H,17H2,1-9H3,(H,36,42)(H,37,43)/t21-,23?,24?,25+,28?,50?/m0/s1. The third-order valence-electron chi connectivity index (χ3n) is 6.84. The van der Waals surface area contributed by atoms with Crippen LogP contribution in [0.5, 0.6) is 5.75 Å². The van der Waals surface area contributed by atoms with Crippen molar-refractivity contribution in [1.82, 2.24) is 20.0 Å². The first-order chi connectivity index (χ1) is 23.1. The Labute approximate surface area is 288 Å². The summed E-state index contributed by atoms with van der Waals surface area (Å²) in [7, 11) is -4.60. The van der Waals surface area contributed by atoms with Gasteiger partial charge in [0.2, 0.25) is 6.23 Å². The quantitative estimate of drug-likeness (QED) is 0.155.